The van der Waals surface area contributed by atoms with Gasteiger partial charge in [0.15, 0.2) is 0 Å². The normalized spacial score (nSPS) is 11.6. The molecule has 0 aliphatic carbocycles. The van der Waals surface area contributed by atoms with Crippen LogP contribution in [0.5, 0.6) is 0 Å². The molecule has 0 amide bonds. The van der Waals surface area contributed by atoms with Crippen molar-refractivity contribution >= 4 is 38.6 Å². The summed E-state index contributed by atoms with van der Waals surface area (Å²) in [5.74, 6) is 0.974. The first-order valence-corrected chi connectivity index (χ1v) is 6.43. The van der Waals surface area contributed by atoms with Crippen molar-refractivity contribution in [3.05, 3.63) is 28.5 Å². The third kappa shape index (κ3) is 2.77. The molecular formula is C11H10BrClF2N2. The molecule has 0 bridgehead atoms. The summed E-state index contributed by atoms with van der Waals surface area (Å²) in [5, 5.41) is 0. The Morgan fingerprint density at radius 1 is 1.41 bits per heavy atom. The first-order chi connectivity index (χ1) is 8.11. The highest BCUT2D eigenvalue weighted by molar-refractivity contribution is 9.10. The van der Waals surface area contributed by atoms with Crippen LogP contribution in [0.25, 0.3) is 11.0 Å². The minimum atomic E-state index is -2.40. The van der Waals surface area contributed by atoms with E-state index >= 15 is 0 Å². The predicted octanol–water partition coefficient (Wildman–Crippen LogP) is 3.85. The van der Waals surface area contributed by atoms with Crippen molar-refractivity contribution in [2.45, 2.75) is 19.4 Å². The lowest BCUT2D eigenvalue weighted by atomic mass is 10.3. The van der Waals surface area contributed by atoms with Crippen molar-refractivity contribution in [3.8, 4) is 0 Å². The fourth-order valence-electron chi connectivity index (χ4n) is 1.77. The average molecular weight is 324 g/mol. The quantitative estimate of drug-likeness (QED) is 0.782. The fourth-order valence-corrected chi connectivity index (χ4v) is 2.29. The van der Waals surface area contributed by atoms with E-state index in [9.17, 15) is 8.78 Å². The molecule has 92 valence electrons. The van der Waals surface area contributed by atoms with Gasteiger partial charge < -0.3 is 4.57 Å². The van der Waals surface area contributed by atoms with Gasteiger partial charge >= 0.3 is 0 Å². The van der Waals surface area contributed by atoms with Crippen LogP contribution in [0.1, 0.15) is 5.82 Å². The molecule has 0 saturated heterocycles. The third-order valence-corrected chi connectivity index (χ3v) is 3.11. The zero-order chi connectivity index (χ0) is 12.4. The van der Waals surface area contributed by atoms with Gasteiger partial charge in [0, 0.05) is 16.8 Å². The summed E-state index contributed by atoms with van der Waals surface area (Å²) in [6, 6.07) is 5.41. The molecule has 6 heteroatoms. The predicted molar refractivity (Wildman–Crippen MR) is 67.9 cm³/mol. The summed E-state index contributed by atoms with van der Waals surface area (Å²) in [5.41, 5.74) is 1.42. The smallest absolute Gasteiger partial charge is 0.256 e. The van der Waals surface area contributed by atoms with Gasteiger partial charge in [-0.3, -0.25) is 0 Å². The maximum Gasteiger partial charge on any atom is 0.256 e. The summed E-state index contributed by atoms with van der Waals surface area (Å²) in [4.78, 5) is 4.33. The molecule has 0 unspecified atom stereocenters. The molecule has 0 saturated carbocycles. The summed E-state index contributed by atoms with van der Waals surface area (Å²) in [6.07, 6.45) is -1.91. The number of imidazole rings is 1. The van der Waals surface area contributed by atoms with Crippen LogP contribution in [-0.4, -0.2) is 21.9 Å². The van der Waals surface area contributed by atoms with Crippen LogP contribution in [0.2, 0.25) is 0 Å². The van der Waals surface area contributed by atoms with E-state index in [2.05, 4.69) is 20.9 Å². The Morgan fingerprint density at radius 3 is 2.82 bits per heavy atom. The molecule has 2 nitrogen and oxygen atoms in total. The van der Waals surface area contributed by atoms with Crippen LogP contribution in [-0.2, 0) is 13.0 Å². The minimum Gasteiger partial charge on any atom is -0.322 e. The molecule has 0 N–H and O–H groups in total. The van der Waals surface area contributed by atoms with Crippen LogP contribution in [0.3, 0.4) is 0 Å². The molecule has 1 aromatic heterocycles. The minimum absolute atomic E-state index is 0.343. The Labute approximate surface area is 111 Å². The Kier molecular flexibility index (Phi) is 3.99. The molecule has 0 spiro atoms. The lowest BCUT2D eigenvalue weighted by Crippen LogP contribution is -2.10. The van der Waals surface area contributed by atoms with Gasteiger partial charge in [0.05, 0.1) is 17.6 Å². The van der Waals surface area contributed by atoms with E-state index in [0.29, 0.717) is 29.2 Å². The van der Waals surface area contributed by atoms with Gasteiger partial charge in [-0.2, -0.15) is 0 Å². The maximum absolute atomic E-state index is 12.5. The molecule has 1 aromatic carbocycles. The molecule has 17 heavy (non-hydrogen) atoms. The third-order valence-electron chi connectivity index (χ3n) is 2.43. The summed E-state index contributed by atoms with van der Waals surface area (Å²) < 4.78 is 27.5. The van der Waals surface area contributed by atoms with Crippen LogP contribution >= 0.6 is 27.5 Å². The molecule has 0 atom stereocenters. The number of benzene rings is 1. The van der Waals surface area contributed by atoms with E-state index in [1.54, 1.807) is 6.07 Å². The van der Waals surface area contributed by atoms with E-state index < -0.39 is 6.43 Å². The van der Waals surface area contributed by atoms with Crippen LogP contribution in [0, 0.1) is 0 Å². The van der Waals surface area contributed by atoms with Crippen molar-refractivity contribution in [1.29, 1.82) is 0 Å². The Hall–Kier alpha value is -0.680. The summed E-state index contributed by atoms with van der Waals surface area (Å²) in [7, 11) is 0. The second-order valence-corrected chi connectivity index (χ2v) is 4.90. The van der Waals surface area contributed by atoms with Gasteiger partial charge in [-0.05, 0) is 18.2 Å². The molecular weight excluding hydrogens is 313 g/mol. The van der Waals surface area contributed by atoms with Gasteiger partial charge in [-0.25, -0.2) is 13.8 Å². The number of aromatic nitrogens is 2. The number of fused-ring (bicyclic) bond motifs is 1. The van der Waals surface area contributed by atoms with Crippen LogP contribution in [0.4, 0.5) is 8.78 Å². The first kappa shape index (κ1) is 12.8. The number of hydrogen-bond acceptors (Lipinski definition) is 1. The standard InChI is InChI=1S/C11H10BrClF2N2/c12-7-1-2-9-8(5-7)16-11(3-4-13)17(9)6-10(14)15/h1-2,5,10H,3-4,6H2. The molecule has 0 radical (unpaired) electrons. The molecule has 0 aliphatic heterocycles. The maximum atomic E-state index is 12.5. The van der Waals surface area contributed by atoms with Crippen LogP contribution < -0.4 is 0 Å². The number of hydrogen-bond donors (Lipinski definition) is 0. The molecule has 1 heterocycles. The Bertz CT molecular complexity index is 527. The lowest BCUT2D eigenvalue weighted by Gasteiger charge is -2.07. The lowest BCUT2D eigenvalue weighted by molar-refractivity contribution is 0.127. The average Bonchev–Trinajstić information content (AvgIpc) is 2.56. The van der Waals surface area contributed by atoms with Gasteiger partial charge in [0.2, 0.25) is 0 Å². The highest BCUT2D eigenvalue weighted by Crippen LogP contribution is 2.22. The highest BCUT2D eigenvalue weighted by Gasteiger charge is 2.14. The molecule has 2 aromatic rings. The molecule has 0 aliphatic rings. The zero-order valence-electron chi connectivity index (χ0n) is 8.84. The van der Waals surface area contributed by atoms with E-state index in [-0.39, 0.29) is 6.54 Å². The number of rotatable bonds is 4. The van der Waals surface area contributed by atoms with E-state index in [1.807, 2.05) is 12.1 Å². The monoisotopic (exact) mass is 322 g/mol. The van der Waals surface area contributed by atoms with Gasteiger partial charge in [-0.1, -0.05) is 15.9 Å². The second kappa shape index (κ2) is 5.31. The Morgan fingerprint density at radius 2 is 2.18 bits per heavy atom. The molecule has 2 rings (SSSR count). The topological polar surface area (TPSA) is 17.8 Å². The largest absolute Gasteiger partial charge is 0.322 e. The Balaban J connectivity index is 2.54. The van der Waals surface area contributed by atoms with E-state index in [1.165, 1.54) is 4.57 Å². The number of alkyl halides is 3. The zero-order valence-corrected chi connectivity index (χ0v) is 11.2. The number of halogens is 4. The van der Waals surface area contributed by atoms with E-state index in [4.69, 9.17) is 11.6 Å². The highest BCUT2D eigenvalue weighted by atomic mass is 79.9. The first-order valence-electron chi connectivity index (χ1n) is 5.10. The van der Waals surface area contributed by atoms with Crippen molar-refractivity contribution in [2.75, 3.05) is 5.88 Å². The van der Waals surface area contributed by atoms with Crippen LogP contribution in [0.15, 0.2) is 22.7 Å². The van der Waals surface area contributed by atoms with Crippen molar-refractivity contribution in [3.63, 3.8) is 0 Å². The van der Waals surface area contributed by atoms with Gasteiger partial charge in [0.1, 0.15) is 5.82 Å². The summed E-state index contributed by atoms with van der Waals surface area (Å²) >= 11 is 8.99. The summed E-state index contributed by atoms with van der Waals surface area (Å²) in [6.45, 7) is -0.343. The van der Waals surface area contributed by atoms with Crippen molar-refractivity contribution in [1.82, 2.24) is 9.55 Å². The van der Waals surface area contributed by atoms with Crippen molar-refractivity contribution in [2.24, 2.45) is 0 Å². The second-order valence-electron chi connectivity index (χ2n) is 3.60. The number of nitrogens with zero attached hydrogens (tertiary/aromatic N) is 2. The SMILES string of the molecule is FC(F)Cn1c(CCCl)nc2cc(Br)ccc21. The van der Waals surface area contributed by atoms with E-state index in [0.717, 1.165) is 4.47 Å². The number of aryl methyl sites for hydroxylation is 1. The fraction of sp³-hybridized carbons (Fsp3) is 0.364. The van der Waals surface area contributed by atoms with Gasteiger partial charge in [-0.15, -0.1) is 11.6 Å². The van der Waals surface area contributed by atoms with Crippen molar-refractivity contribution < 1.29 is 8.78 Å². The van der Waals surface area contributed by atoms with Gasteiger partial charge in [0.25, 0.3) is 6.43 Å². The molecule has 0 fully saturated rings.